The van der Waals surface area contributed by atoms with Gasteiger partial charge in [0.25, 0.3) is 0 Å². The average molecular weight is 244 g/mol. The first-order valence-corrected chi connectivity index (χ1v) is 6.46. The van der Waals surface area contributed by atoms with Crippen LogP contribution in [0.2, 0.25) is 0 Å². The third-order valence-electron chi connectivity index (χ3n) is 3.21. The number of likely N-dealkylation sites (N-methyl/N-ethyl adjacent to an activating group) is 1. The third-order valence-corrected chi connectivity index (χ3v) is 3.21. The van der Waals surface area contributed by atoms with E-state index in [1.165, 1.54) is 5.56 Å². The van der Waals surface area contributed by atoms with Crippen LogP contribution >= 0.6 is 0 Å². The Morgan fingerprint density at radius 3 is 2.33 bits per heavy atom. The Balaban J connectivity index is 1.91. The van der Waals surface area contributed by atoms with Crippen LogP contribution < -0.4 is 0 Å². The van der Waals surface area contributed by atoms with Crippen LogP contribution in [0.25, 0.3) is 0 Å². The first-order chi connectivity index (χ1) is 8.55. The van der Waals surface area contributed by atoms with Crippen LogP contribution in [0.5, 0.6) is 0 Å². The van der Waals surface area contributed by atoms with Gasteiger partial charge in [0.15, 0.2) is 0 Å². The van der Waals surface area contributed by atoms with E-state index in [9.17, 15) is 0 Å². The molecule has 0 saturated carbocycles. The van der Waals surface area contributed by atoms with Gasteiger partial charge in [-0.15, -0.1) is 0 Å². The van der Waals surface area contributed by atoms with Gasteiger partial charge < -0.3 is 8.90 Å². The molecule has 2 nitrogen and oxygen atoms in total. The molecule has 0 saturated heterocycles. The lowest BCUT2D eigenvalue weighted by Gasteiger charge is -2.29. The van der Waals surface area contributed by atoms with E-state index in [0.717, 1.165) is 35.5 Å². The van der Waals surface area contributed by atoms with Gasteiger partial charge in [0.2, 0.25) is 0 Å². The lowest BCUT2D eigenvalue weighted by Crippen LogP contribution is -2.40. The SMILES string of the molecule is Cc1ccc(CC[N+](C)(C)Cc2ccccc2)o1. The zero-order chi connectivity index (χ0) is 13.0. The Morgan fingerprint density at radius 1 is 1.00 bits per heavy atom. The highest BCUT2D eigenvalue weighted by Gasteiger charge is 2.16. The second kappa shape index (κ2) is 5.40. The minimum absolute atomic E-state index is 0.976. The maximum absolute atomic E-state index is 5.62. The van der Waals surface area contributed by atoms with Crippen LogP contribution in [-0.2, 0) is 13.0 Å². The molecular formula is C16H22NO+. The number of quaternary nitrogens is 1. The van der Waals surface area contributed by atoms with Crippen LogP contribution in [0.15, 0.2) is 46.9 Å². The number of nitrogens with zero attached hydrogens (tertiary/aromatic N) is 1. The summed E-state index contributed by atoms with van der Waals surface area (Å²) in [4.78, 5) is 0. The molecule has 0 spiro atoms. The highest BCUT2D eigenvalue weighted by molar-refractivity contribution is 5.13. The predicted molar refractivity (Wildman–Crippen MR) is 74.3 cm³/mol. The van der Waals surface area contributed by atoms with Gasteiger partial charge in [-0.25, -0.2) is 0 Å². The molecule has 0 unspecified atom stereocenters. The molecule has 0 aliphatic rings. The summed E-state index contributed by atoms with van der Waals surface area (Å²) < 4.78 is 6.60. The number of furan rings is 1. The van der Waals surface area contributed by atoms with E-state index in [1.807, 2.05) is 13.0 Å². The Hall–Kier alpha value is -1.54. The molecule has 2 rings (SSSR count). The van der Waals surface area contributed by atoms with Crippen molar-refractivity contribution in [3.8, 4) is 0 Å². The summed E-state index contributed by atoms with van der Waals surface area (Å²) in [6, 6.07) is 14.8. The van der Waals surface area contributed by atoms with Crippen LogP contribution in [0.4, 0.5) is 0 Å². The minimum Gasteiger partial charge on any atom is -0.466 e. The third kappa shape index (κ3) is 3.74. The van der Waals surface area contributed by atoms with Crippen molar-refractivity contribution in [1.29, 1.82) is 0 Å². The first-order valence-electron chi connectivity index (χ1n) is 6.46. The molecule has 0 amide bonds. The second-order valence-corrected chi connectivity index (χ2v) is 5.57. The van der Waals surface area contributed by atoms with Crippen LogP contribution in [0.1, 0.15) is 17.1 Å². The van der Waals surface area contributed by atoms with Gasteiger partial charge in [-0.2, -0.15) is 0 Å². The molecule has 0 aliphatic carbocycles. The van der Waals surface area contributed by atoms with Crippen molar-refractivity contribution in [2.75, 3.05) is 20.6 Å². The molecule has 0 bridgehead atoms. The highest BCUT2D eigenvalue weighted by Crippen LogP contribution is 2.12. The molecule has 1 heterocycles. The quantitative estimate of drug-likeness (QED) is 0.735. The lowest BCUT2D eigenvalue weighted by atomic mass is 10.2. The number of rotatable bonds is 5. The predicted octanol–water partition coefficient (Wildman–Crippen LogP) is 3.41. The summed E-state index contributed by atoms with van der Waals surface area (Å²) in [6.07, 6.45) is 0.994. The monoisotopic (exact) mass is 244 g/mol. The van der Waals surface area contributed by atoms with E-state index in [0.29, 0.717) is 0 Å². The topological polar surface area (TPSA) is 13.1 Å². The van der Waals surface area contributed by atoms with Crippen molar-refractivity contribution in [3.63, 3.8) is 0 Å². The van der Waals surface area contributed by atoms with Gasteiger partial charge in [0.05, 0.1) is 27.1 Å². The van der Waals surface area contributed by atoms with E-state index >= 15 is 0 Å². The number of aryl methyl sites for hydroxylation is 1. The Bertz CT molecular complexity index is 485. The van der Waals surface area contributed by atoms with Gasteiger partial charge in [-0.1, -0.05) is 30.3 Å². The normalized spacial score (nSPS) is 11.7. The second-order valence-electron chi connectivity index (χ2n) is 5.57. The summed E-state index contributed by atoms with van der Waals surface area (Å²) in [5.41, 5.74) is 1.39. The van der Waals surface area contributed by atoms with E-state index in [2.05, 4.69) is 50.5 Å². The average Bonchev–Trinajstić information content (AvgIpc) is 2.74. The van der Waals surface area contributed by atoms with Gasteiger partial charge in [-0.05, 0) is 19.1 Å². The molecule has 0 fully saturated rings. The molecule has 0 atom stereocenters. The molecular weight excluding hydrogens is 222 g/mol. The maximum Gasteiger partial charge on any atom is 0.109 e. The fourth-order valence-electron chi connectivity index (χ4n) is 2.19. The van der Waals surface area contributed by atoms with E-state index in [-0.39, 0.29) is 0 Å². The first kappa shape index (κ1) is 12.9. The Kier molecular flexibility index (Phi) is 3.87. The highest BCUT2D eigenvalue weighted by atomic mass is 16.3. The molecule has 0 radical (unpaired) electrons. The fraction of sp³-hybridized carbons (Fsp3) is 0.375. The van der Waals surface area contributed by atoms with Gasteiger partial charge in [0.1, 0.15) is 18.1 Å². The summed E-state index contributed by atoms with van der Waals surface area (Å²) in [6.45, 7) is 4.13. The zero-order valence-electron chi connectivity index (χ0n) is 11.5. The van der Waals surface area contributed by atoms with Gasteiger partial charge in [-0.3, -0.25) is 0 Å². The number of hydrogen-bond donors (Lipinski definition) is 0. The fourth-order valence-corrected chi connectivity index (χ4v) is 2.19. The summed E-state index contributed by atoms with van der Waals surface area (Å²) in [7, 11) is 4.53. The van der Waals surface area contributed by atoms with Crippen molar-refractivity contribution in [1.82, 2.24) is 0 Å². The van der Waals surface area contributed by atoms with E-state index < -0.39 is 0 Å². The lowest BCUT2D eigenvalue weighted by molar-refractivity contribution is -0.903. The molecule has 1 aromatic carbocycles. The van der Waals surface area contributed by atoms with Crippen molar-refractivity contribution >= 4 is 0 Å². The largest absolute Gasteiger partial charge is 0.466 e. The maximum atomic E-state index is 5.62. The molecule has 0 N–H and O–H groups in total. The van der Waals surface area contributed by atoms with Crippen molar-refractivity contribution in [2.24, 2.45) is 0 Å². The molecule has 1 aromatic heterocycles. The Labute approximate surface area is 109 Å². The van der Waals surface area contributed by atoms with Crippen LogP contribution in [-0.4, -0.2) is 25.1 Å². The molecule has 2 heteroatoms. The molecule has 18 heavy (non-hydrogen) atoms. The van der Waals surface area contributed by atoms with Crippen molar-refractivity contribution < 1.29 is 8.90 Å². The Morgan fingerprint density at radius 2 is 1.72 bits per heavy atom. The number of benzene rings is 1. The standard InChI is InChI=1S/C16H22NO/c1-14-9-10-16(18-14)11-12-17(2,3)13-15-7-5-4-6-8-15/h4-10H,11-13H2,1-3H3/q+1. The summed E-state index contributed by atoms with van der Waals surface area (Å²) in [5.74, 6) is 2.09. The van der Waals surface area contributed by atoms with Gasteiger partial charge in [0, 0.05) is 5.56 Å². The van der Waals surface area contributed by atoms with Gasteiger partial charge >= 0.3 is 0 Å². The zero-order valence-corrected chi connectivity index (χ0v) is 11.5. The molecule has 96 valence electrons. The summed E-state index contributed by atoms with van der Waals surface area (Å²) in [5, 5.41) is 0. The van der Waals surface area contributed by atoms with Crippen LogP contribution in [0, 0.1) is 6.92 Å². The van der Waals surface area contributed by atoms with E-state index in [4.69, 9.17) is 4.42 Å². The van der Waals surface area contributed by atoms with E-state index in [1.54, 1.807) is 0 Å². The van der Waals surface area contributed by atoms with Crippen LogP contribution in [0.3, 0.4) is 0 Å². The van der Waals surface area contributed by atoms with Crippen molar-refractivity contribution in [2.45, 2.75) is 19.9 Å². The number of hydrogen-bond acceptors (Lipinski definition) is 1. The molecule has 2 aromatic rings. The minimum atomic E-state index is 0.976. The van der Waals surface area contributed by atoms with Crippen molar-refractivity contribution in [3.05, 3.63) is 59.5 Å². The molecule has 0 aliphatic heterocycles. The summed E-state index contributed by atoms with van der Waals surface area (Å²) >= 11 is 0. The smallest absolute Gasteiger partial charge is 0.109 e.